The van der Waals surface area contributed by atoms with Crippen LogP contribution in [-0.4, -0.2) is 181 Å². The molecular formula is C116H112N8O24. The molecule has 0 aliphatic carbocycles. The zero-order chi connectivity index (χ0) is 107. The maximum atomic E-state index is 10.5. The molecule has 8 heterocycles. The molecular weight excluding hydrogens is 1890 g/mol. The summed E-state index contributed by atoms with van der Waals surface area (Å²) in [6, 6.07) is 89.9. The molecule has 0 unspecified atom stereocenters. The summed E-state index contributed by atoms with van der Waals surface area (Å²) in [5.74, 6) is -4.16. The quantitative estimate of drug-likeness (QED) is 0.0181. The van der Waals surface area contributed by atoms with Crippen molar-refractivity contribution in [3.8, 4) is 90.5 Å². The van der Waals surface area contributed by atoms with E-state index in [1.54, 1.807) is 196 Å². The van der Waals surface area contributed by atoms with E-state index in [-0.39, 0.29) is 74.5 Å². The topological polar surface area (TPSA) is 475 Å². The summed E-state index contributed by atoms with van der Waals surface area (Å²) in [5.41, 5.74) is 16.5. The number of rotatable bonds is 36. The number of aliphatic carboxylic acids is 8. The molecule has 0 aliphatic rings. The molecule has 0 amide bonds. The number of hydrogen-bond acceptors (Lipinski definition) is 24. The molecule has 8 N–H and O–H groups in total. The zero-order valence-electron chi connectivity index (χ0n) is 82.3. The Balaban J connectivity index is 0.000000192. The molecule has 32 heteroatoms. The molecule has 0 spiro atoms. The van der Waals surface area contributed by atoms with E-state index in [1.165, 1.54) is 44.5 Å². The number of benzene rings is 8. The fourth-order valence-electron chi connectivity index (χ4n) is 13.9. The third-order valence-electron chi connectivity index (χ3n) is 22.3. The monoisotopic (exact) mass is 2000 g/mol. The van der Waals surface area contributed by atoms with Crippen LogP contribution in [0.15, 0.2) is 390 Å². The summed E-state index contributed by atoms with van der Waals surface area (Å²) in [6.45, 7) is 13.5. The second-order valence-corrected chi connectivity index (χ2v) is 34.0. The van der Waals surface area contributed by atoms with Crippen molar-refractivity contribution in [1.29, 1.82) is 0 Å². The summed E-state index contributed by atoms with van der Waals surface area (Å²) < 4.78 is 41.1. The van der Waals surface area contributed by atoms with Crippen LogP contribution in [0.2, 0.25) is 0 Å². The van der Waals surface area contributed by atoms with Gasteiger partial charge in [-0.3, -0.25) is 39.9 Å². The number of pyridine rings is 8. The van der Waals surface area contributed by atoms with Crippen LogP contribution in [-0.2, 0) is 60.0 Å². The highest BCUT2D eigenvalue weighted by Gasteiger charge is 2.28. The van der Waals surface area contributed by atoms with E-state index >= 15 is 0 Å². The van der Waals surface area contributed by atoms with Gasteiger partial charge < -0.3 is 78.7 Å². The second kappa shape index (κ2) is 57.9. The van der Waals surface area contributed by atoms with Gasteiger partial charge in [0.25, 0.3) is 0 Å². The van der Waals surface area contributed by atoms with Gasteiger partial charge in [-0.25, -0.2) is 38.4 Å². The van der Waals surface area contributed by atoms with E-state index < -0.39 is 47.8 Å². The molecule has 0 saturated carbocycles. The van der Waals surface area contributed by atoms with Crippen molar-refractivity contribution in [3.05, 3.63) is 435 Å². The summed E-state index contributed by atoms with van der Waals surface area (Å²) in [4.78, 5) is 116. The van der Waals surface area contributed by atoms with Gasteiger partial charge in [0.2, 0.25) is 0 Å². The van der Waals surface area contributed by atoms with Gasteiger partial charge in [-0.2, -0.15) is 0 Å². The highest BCUT2D eigenvalue weighted by molar-refractivity contribution is 5.73. The molecule has 0 atom stereocenters. The molecule has 0 radical (unpaired) electrons. The number of carboxylic acid groups (broad SMARTS) is 8. The zero-order valence-corrected chi connectivity index (χ0v) is 82.3. The van der Waals surface area contributed by atoms with Crippen molar-refractivity contribution in [3.63, 3.8) is 0 Å². The van der Waals surface area contributed by atoms with Crippen LogP contribution in [0.25, 0.3) is 44.5 Å². The Labute approximate surface area is 855 Å². The molecule has 0 bridgehead atoms. The second-order valence-electron chi connectivity index (χ2n) is 34.0. The molecule has 32 nitrogen and oxygen atoms in total. The van der Waals surface area contributed by atoms with Crippen LogP contribution >= 0.6 is 0 Å². The van der Waals surface area contributed by atoms with E-state index in [2.05, 4.69) is 95.3 Å². The minimum absolute atomic E-state index is 0.295. The van der Waals surface area contributed by atoms with Crippen molar-refractivity contribution in [2.24, 2.45) is 0 Å². The number of hydrogen-bond donors (Lipinski definition) is 8. The summed E-state index contributed by atoms with van der Waals surface area (Å²) in [7, 11) is 0. The Bertz CT molecular complexity index is 5520. The van der Waals surface area contributed by atoms with E-state index in [1.807, 2.05) is 194 Å². The molecule has 8 aromatic carbocycles. The highest BCUT2D eigenvalue weighted by Crippen LogP contribution is 2.39. The fourth-order valence-corrected chi connectivity index (χ4v) is 13.9. The molecule has 16 aromatic rings. The van der Waals surface area contributed by atoms with Crippen LogP contribution in [0.1, 0.15) is 99.9 Å². The van der Waals surface area contributed by atoms with Gasteiger partial charge in [-0.05, 0) is 283 Å². The number of carboxylic acids is 8. The third-order valence-corrected chi connectivity index (χ3v) is 22.3. The van der Waals surface area contributed by atoms with Crippen molar-refractivity contribution in [2.75, 3.05) is 52.9 Å². The molecule has 148 heavy (non-hydrogen) atoms. The lowest BCUT2D eigenvalue weighted by Gasteiger charge is -2.26. The average Bonchev–Trinajstić information content (AvgIpc) is 0.810. The number of nitrogens with zero attached hydrogens (tertiary/aromatic N) is 8. The van der Waals surface area contributed by atoms with Gasteiger partial charge in [0.05, 0.1) is 0 Å². The summed E-state index contributed by atoms with van der Waals surface area (Å²) in [5, 5.41) is 69.0. The first-order valence-corrected chi connectivity index (χ1v) is 45.8. The molecule has 0 saturated heterocycles. The summed E-state index contributed by atoms with van der Waals surface area (Å²) >= 11 is 0. The lowest BCUT2D eigenvalue weighted by molar-refractivity contribution is -0.140. The van der Waals surface area contributed by atoms with Crippen molar-refractivity contribution in [1.82, 2.24) is 39.9 Å². The van der Waals surface area contributed by atoms with Crippen LogP contribution in [0, 0.1) is 0 Å². The van der Waals surface area contributed by atoms with Gasteiger partial charge in [0.1, 0.15) is 46.0 Å². The normalized spacial score (nSPS) is 10.5. The van der Waals surface area contributed by atoms with E-state index in [9.17, 15) is 38.4 Å². The minimum atomic E-state index is -1.02. The molecule has 0 fully saturated rings. The van der Waals surface area contributed by atoms with Gasteiger partial charge in [-0.1, -0.05) is 152 Å². The lowest BCUT2D eigenvalue weighted by atomic mass is 9.78. The maximum absolute atomic E-state index is 10.5. The van der Waals surface area contributed by atoms with Gasteiger partial charge >= 0.3 is 47.8 Å². The number of carbonyl (C=O) groups is 8. The molecule has 16 rings (SSSR count). The predicted molar refractivity (Wildman–Crippen MR) is 555 cm³/mol. The summed E-state index contributed by atoms with van der Waals surface area (Å²) in [6.07, 6.45) is 28.6. The first-order valence-electron chi connectivity index (χ1n) is 45.8. The van der Waals surface area contributed by atoms with Gasteiger partial charge in [0, 0.05) is 121 Å². The Morgan fingerprint density at radius 3 is 0.311 bits per heavy atom. The van der Waals surface area contributed by atoms with Gasteiger partial charge in [0.15, 0.2) is 52.9 Å². The fraction of sp³-hybridized carbons (Fsp3) is 0.172. The van der Waals surface area contributed by atoms with E-state index in [0.29, 0.717) is 46.0 Å². The molecule has 760 valence electrons. The Kier molecular flexibility index (Phi) is 44.1. The van der Waals surface area contributed by atoms with E-state index in [4.69, 9.17) is 78.7 Å². The predicted octanol–water partition coefficient (Wildman–Crippen LogP) is 20.3. The largest absolute Gasteiger partial charge is 0.482 e. The SMILES string of the molecule is CC(C)(c1ccc(OCC(=O)O)cc1)c1ccc(OCC(=O)O)cc1.CC(C)(c1ccc(OCC(=O)O)cc1)c1ccc(OCC(=O)O)cc1.CC(C)(c1ccc(OCC(=O)O)cc1)c1ccc(OCC(=O)O)cc1.CC(C)(c1ccc(OCC(=O)O)cc1)c1ccc(OCC(=O)O)cc1.c1cc(-c2ccncc2)ccn1.c1cc(-c2ccncc2)ccn1.c1cc(-c2ccncc2)ccn1.c1cc(-c2ccncc2)ccn1. The number of ether oxygens (including phenoxy) is 8. The van der Waals surface area contributed by atoms with Gasteiger partial charge in [-0.15, -0.1) is 0 Å². The Hall–Kier alpha value is -18.9. The minimum Gasteiger partial charge on any atom is -0.482 e. The smallest absolute Gasteiger partial charge is 0.341 e. The maximum Gasteiger partial charge on any atom is 0.341 e. The van der Waals surface area contributed by atoms with E-state index in [0.717, 1.165) is 44.5 Å². The Morgan fingerprint density at radius 2 is 0.236 bits per heavy atom. The highest BCUT2D eigenvalue weighted by atomic mass is 16.5. The standard InChI is InChI=1S/4C19H20O6.4C10H8N2/c4*1-19(2,13-3-7-15(8-4-13)24-11-17(20)21)14-5-9-16(10-6-14)25-12-18(22)23;4*1-5-11-6-2-9(1)10-3-7-12-8-4-10/h4*3-10H,11-12H2,1-2H3,(H,20,21)(H,22,23);4*1-8H. The first-order chi connectivity index (χ1) is 71.0. The van der Waals surface area contributed by atoms with Crippen LogP contribution in [0.4, 0.5) is 0 Å². The van der Waals surface area contributed by atoms with Crippen LogP contribution < -0.4 is 37.9 Å². The van der Waals surface area contributed by atoms with Crippen molar-refractivity contribution < 1.29 is 117 Å². The average molecular weight is 2000 g/mol. The first kappa shape index (κ1) is 113. The molecule has 0 aliphatic heterocycles. The third kappa shape index (κ3) is 38.5. The molecule has 8 aromatic heterocycles. The van der Waals surface area contributed by atoms with Crippen molar-refractivity contribution >= 4 is 47.8 Å². The Morgan fingerprint density at radius 1 is 0.155 bits per heavy atom. The van der Waals surface area contributed by atoms with Crippen molar-refractivity contribution in [2.45, 2.75) is 77.0 Å². The number of aromatic nitrogens is 8. The van der Waals surface area contributed by atoms with Crippen LogP contribution in [0.3, 0.4) is 0 Å². The van der Waals surface area contributed by atoms with Crippen LogP contribution in [0.5, 0.6) is 46.0 Å². The lowest BCUT2D eigenvalue weighted by Crippen LogP contribution is -2.19.